The molecule has 2 aromatic heterocycles. The summed E-state index contributed by atoms with van der Waals surface area (Å²) in [5.74, 6) is 0. The maximum atomic E-state index is 4.32. The molecule has 1 aliphatic carbocycles. The van der Waals surface area contributed by atoms with Crippen LogP contribution in [0.3, 0.4) is 0 Å². The van der Waals surface area contributed by atoms with Crippen LogP contribution >= 0.6 is 0 Å². The monoisotopic (exact) mass is 255 g/mol. The van der Waals surface area contributed by atoms with E-state index in [0.29, 0.717) is 5.41 Å². The summed E-state index contributed by atoms with van der Waals surface area (Å²) in [5, 5.41) is 1.45. The van der Waals surface area contributed by atoms with Gasteiger partial charge >= 0.3 is 0 Å². The number of aryl methyl sites for hydroxylation is 1. The van der Waals surface area contributed by atoms with Crippen molar-refractivity contribution in [1.29, 1.82) is 0 Å². The van der Waals surface area contributed by atoms with Crippen molar-refractivity contribution in [3.05, 3.63) is 29.7 Å². The van der Waals surface area contributed by atoms with Crippen LogP contribution in [0, 0.1) is 0 Å². The van der Waals surface area contributed by atoms with Crippen LogP contribution in [0.2, 0.25) is 0 Å². The third-order valence-corrected chi connectivity index (χ3v) is 5.21. The molecule has 1 fully saturated rings. The topological polar surface area (TPSA) is 21.1 Å². The molecule has 0 aromatic carbocycles. The first-order chi connectivity index (χ1) is 9.21. The highest BCUT2D eigenvalue weighted by Gasteiger charge is 2.43. The Kier molecular flexibility index (Phi) is 2.31. The molecule has 0 unspecified atom stereocenters. The minimum atomic E-state index is 0.406. The second-order valence-corrected chi connectivity index (χ2v) is 6.43. The Balaban J connectivity index is 2.06. The van der Waals surface area contributed by atoms with Gasteiger partial charge in [0.15, 0.2) is 0 Å². The third kappa shape index (κ3) is 1.45. The molecule has 1 spiro atoms. The van der Waals surface area contributed by atoms with Crippen LogP contribution in [0.15, 0.2) is 18.5 Å². The molecule has 1 saturated carbocycles. The molecule has 0 atom stereocenters. The second kappa shape index (κ2) is 3.83. The lowest BCUT2D eigenvalue weighted by Crippen LogP contribution is -2.42. The maximum absolute atomic E-state index is 4.32. The number of rotatable bonds is 0. The molecule has 4 rings (SSSR count). The van der Waals surface area contributed by atoms with E-state index in [2.05, 4.69) is 34.6 Å². The molecular formula is C16H21N3. The van der Waals surface area contributed by atoms with Gasteiger partial charge in [0.1, 0.15) is 0 Å². The van der Waals surface area contributed by atoms with Gasteiger partial charge in [0.25, 0.3) is 0 Å². The van der Waals surface area contributed by atoms with Crippen molar-refractivity contribution in [2.24, 2.45) is 7.05 Å². The minimum Gasteiger partial charge on any atom is -0.345 e. The molecule has 2 aromatic rings. The van der Waals surface area contributed by atoms with Crippen molar-refractivity contribution >= 4 is 10.9 Å². The van der Waals surface area contributed by atoms with Crippen molar-refractivity contribution in [2.45, 2.75) is 37.6 Å². The van der Waals surface area contributed by atoms with E-state index in [1.165, 1.54) is 48.8 Å². The Morgan fingerprint density at radius 2 is 2.00 bits per heavy atom. The van der Waals surface area contributed by atoms with Gasteiger partial charge in [-0.3, -0.25) is 9.88 Å². The van der Waals surface area contributed by atoms with Crippen molar-refractivity contribution in [3.8, 4) is 0 Å². The van der Waals surface area contributed by atoms with Gasteiger partial charge in [0, 0.05) is 42.8 Å². The first kappa shape index (κ1) is 11.5. The van der Waals surface area contributed by atoms with Crippen LogP contribution in [0.5, 0.6) is 0 Å². The summed E-state index contributed by atoms with van der Waals surface area (Å²) in [6, 6.07) is 2.22. The largest absolute Gasteiger partial charge is 0.345 e. The lowest BCUT2D eigenvalue weighted by molar-refractivity contribution is 0.209. The number of aromatic nitrogens is 2. The van der Waals surface area contributed by atoms with Gasteiger partial charge < -0.3 is 4.57 Å². The molecule has 0 saturated heterocycles. The predicted molar refractivity (Wildman–Crippen MR) is 77.2 cm³/mol. The van der Waals surface area contributed by atoms with Gasteiger partial charge in [0.2, 0.25) is 0 Å². The molecule has 0 N–H and O–H groups in total. The predicted octanol–water partition coefficient (Wildman–Crippen LogP) is 2.83. The van der Waals surface area contributed by atoms with Gasteiger partial charge in [-0.05, 0) is 31.5 Å². The fourth-order valence-corrected chi connectivity index (χ4v) is 4.48. The van der Waals surface area contributed by atoms with E-state index in [0.717, 1.165) is 6.54 Å². The van der Waals surface area contributed by atoms with Crippen LogP contribution in [-0.4, -0.2) is 28.0 Å². The molecular weight excluding hydrogens is 234 g/mol. The average molecular weight is 255 g/mol. The Hall–Kier alpha value is -1.35. The molecule has 0 amide bonds. The lowest BCUT2D eigenvalue weighted by Gasteiger charge is -2.39. The zero-order valence-electron chi connectivity index (χ0n) is 11.8. The van der Waals surface area contributed by atoms with Gasteiger partial charge in [-0.15, -0.1) is 0 Å². The molecule has 100 valence electrons. The van der Waals surface area contributed by atoms with Gasteiger partial charge in [-0.2, -0.15) is 0 Å². The first-order valence-corrected chi connectivity index (χ1v) is 7.32. The van der Waals surface area contributed by atoms with E-state index >= 15 is 0 Å². The molecule has 0 radical (unpaired) electrons. The molecule has 3 nitrogen and oxygen atoms in total. The summed E-state index contributed by atoms with van der Waals surface area (Å²) in [6.07, 6.45) is 9.45. The quantitative estimate of drug-likeness (QED) is 0.722. The maximum Gasteiger partial charge on any atom is 0.0669 e. The van der Waals surface area contributed by atoms with Gasteiger partial charge in [0.05, 0.1) is 11.7 Å². The zero-order chi connectivity index (χ0) is 13.0. The SMILES string of the molecule is CN1Cc2c(c3ccncc3n2C)C2(CCCC2)C1. The fourth-order valence-electron chi connectivity index (χ4n) is 4.48. The van der Waals surface area contributed by atoms with Crippen molar-refractivity contribution in [1.82, 2.24) is 14.5 Å². The van der Waals surface area contributed by atoms with Crippen LogP contribution in [0.25, 0.3) is 10.9 Å². The Morgan fingerprint density at radius 3 is 2.79 bits per heavy atom. The van der Waals surface area contributed by atoms with Crippen molar-refractivity contribution < 1.29 is 0 Å². The van der Waals surface area contributed by atoms with E-state index in [1.807, 2.05) is 12.4 Å². The van der Waals surface area contributed by atoms with Crippen molar-refractivity contribution in [2.75, 3.05) is 13.6 Å². The molecule has 3 heteroatoms. The minimum absolute atomic E-state index is 0.406. The number of pyridine rings is 1. The smallest absolute Gasteiger partial charge is 0.0669 e. The summed E-state index contributed by atoms with van der Waals surface area (Å²) in [4.78, 5) is 6.82. The third-order valence-electron chi connectivity index (χ3n) is 5.21. The number of likely N-dealkylation sites (N-methyl/N-ethyl adjacent to an activating group) is 1. The molecule has 0 bridgehead atoms. The number of nitrogens with zero attached hydrogens (tertiary/aromatic N) is 3. The molecule has 3 heterocycles. The van der Waals surface area contributed by atoms with E-state index in [4.69, 9.17) is 0 Å². The van der Waals surface area contributed by atoms with Gasteiger partial charge in [-0.25, -0.2) is 0 Å². The summed E-state index contributed by atoms with van der Waals surface area (Å²) >= 11 is 0. The van der Waals surface area contributed by atoms with Crippen LogP contribution < -0.4 is 0 Å². The van der Waals surface area contributed by atoms with Crippen LogP contribution in [0.4, 0.5) is 0 Å². The number of hydrogen-bond acceptors (Lipinski definition) is 2. The Bertz CT molecular complexity index is 635. The highest BCUT2D eigenvalue weighted by atomic mass is 15.1. The van der Waals surface area contributed by atoms with E-state index < -0.39 is 0 Å². The standard InChI is InChI=1S/C16H21N3/c1-18-10-14-15(16(11-18)6-3-4-7-16)12-5-8-17-9-13(12)19(14)2/h5,8-9H,3-4,6-7,10-11H2,1-2H3. The molecule has 19 heavy (non-hydrogen) atoms. The van der Waals surface area contributed by atoms with Crippen molar-refractivity contribution in [3.63, 3.8) is 0 Å². The fraction of sp³-hybridized carbons (Fsp3) is 0.562. The number of fused-ring (bicyclic) bond motifs is 4. The summed E-state index contributed by atoms with van der Waals surface area (Å²) in [5.41, 5.74) is 4.86. The average Bonchev–Trinajstić information content (AvgIpc) is 2.96. The Labute approximate surface area is 114 Å². The van der Waals surface area contributed by atoms with E-state index in [-0.39, 0.29) is 0 Å². The number of hydrogen-bond donors (Lipinski definition) is 0. The normalized spacial score (nSPS) is 22.2. The first-order valence-electron chi connectivity index (χ1n) is 7.32. The zero-order valence-corrected chi connectivity index (χ0v) is 11.8. The molecule has 1 aliphatic heterocycles. The summed E-state index contributed by atoms with van der Waals surface area (Å²) < 4.78 is 2.37. The highest BCUT2D eigenvalue weighted by Crippen LogP contribution is 2.48. The van der Waals surface area contributed by atoms with Crippen LogP contribution in [0.1, 0.15) is 36.9 Å². The van der Waals surface area contributed by atoms with E-state index in [1.54, 1.807) is 5.56 Å². The highest BCUT2D eigenvalue weighted by molar-refractivity contribution is 5.86. The van der Waals surface area contributed by atoms with Crippen LogP contribution in [-0.2, 0) is 19.0 Å². The lowest BCUT2D eigenvalue weighted by atomic mass is 9.75. The van der Waals surface area contributed by atoms with E-state index in [9.17, 15) is 0 Å². The second-order valence-electron chi connectivity index (χ2n) is 6.43. The summed E-state index contributed by atoms with van der Waals surface area (Å²) in [6.45, 7) is 2.30. The Morgan fingerprint density at radius 1 is 1.21 bits per heavy atom. The van der Waals surface area contributed by atoms with Gasteiger partial charge in [-0.1, -0.05) is 12.8 Å². The summed E-state index contributed by atoms with van der Waals surface area (Å²) in [7, 11) is 4.46. The molecule has 2 aliphatic rings.